The molecule has 0 amide bonds. The van der Waals surface area contributed by atoms with Crippen molar-refractivity contribution < 1.29 is 9.47 Å². The summed E-state index contributed by atoms with van der Waals surface area (Å²) in [5.74, 6) is 3.67. The van der Waals surface area contributed by atoms with Crippen LogP contribution in [0.4, 0.5) is 51.2 Å². The van der Waals surface area contributed by atoms with Gasteiger partial charge in [0.25, 0.3) is 0 Å². The monoisotopic (exact) mass is 887 g/mol. The van der Waals surface area contributed by atoms with Crippen molar-refractivity contribution in [1.82, 2.24) is 0 Å². The van der Waals surface area contributed by atoms with E-state index in [2.05, 4.69) is 214 Å². The summed E-state index contributed by atoms with van der Waals surface area (Å²) in [5.41, 5.74) is 17.0. The molecule has 5 nitrogen and oxygen atoms in total. The summed E-state index contributed by atoms with van der Waals surface area (Å²) in [7, 11) is 0. The minimum atomic E-state index is -2.99. The molecule has 292 valence electrons. The molecule has 6 heteroatoms. The number of hydrogen-bond acceptors (Lipinski definition) is 5. The summed E-state index contributed by atoms with van der Waals surface area (Å²) in [5, 5.41) is 0. The Morgan fingerprint density at radius 1 is 0.367 bits per heavy atom. The molecule has 3 aliphatic rings. The van der Waals surface area contributed by atoms with Gasteiger partial charge < -0.3 is 0 Å². The van der Waals surface area contributed by atoms with Crippen molar-refractivity contribution >= 4 is 81.9 Å². The van der Waals surface area contributed by atoms with Gasteiger partial charge in [0.1, 0.15) is 0 Å². The molecule has 11 rings (SSSR count). The first-order chi connectivity index (χ1) is 29.2. The molecule has 8 aromatic carbocycles. The fourth-order valence-corrected chi connectivity index (χ4v) is 17.0. The molecular weight excluding hydrogens is 844 g/mol. The second-order valence-electron chi connectivity index (χ2n) is 16.4. The van der Waals surface area contributed by atoms with Crippen molar-refractivity contribution in [2.75, 3.05) is 14.7 Å². The van der Waals surface area contributed by atoms with Crippen molar-refractivity contribution in [3.05, 3.63) is 191 Å². The van der Waals surface area contributed by atoms with E-state index in [0.717, 1.165) is 68.4 Å². The summed E-state index contributed by atoms with van der Waals surface area (Å²) in [6, 6.07) is 57.9. The van der Waals surface area contributed by atoms with Gasteiger partial charge in [0.2, 0.25) is 0 Å². The molecule has 0 aromatic heterocycles. The van der Waals surface area contributed by atoms with Crippen molar-refractivity contribution in [3.8, 4) is 23.0 Å². The van der Waals surface area contributed by atoms with Gasteiger partial charge in [0.05, 0.1) is 0 Å². The van der Waals surface area contributed by atoms with E-state index in [1.165, 1.54) is 49.7 Å². The van der Waals surface area contributed by atoms with E-state index in [9.17, 15) is 0 Å². The van der Waals surface area contributed by atoms with Gasteiger partial charge in [-0.05, 0) is 0 Å². The summed E-state index contributed by atoms with van der Waals surface area (Å²) in [6.07, 6.45) is 0. The predicted molar refractivity (Wildman–Crippen MR) is 250 cm³/mol. The third-order valence-electron chi connectivity index (χ3n) is 11.9. The van der Waals surface area contributed by atoms with Crippen LogP contribution in [0.25, 0.3) is 0 Å². The van der Waals surface area contributed by atoms with Crippen molar-refractivity contribution in [3.63, 3.8) is 0 Å². The first kappa shape index (κ1) is 36.6. The number of nitrogens with zero attached hydrogens (tertiary/aromatic N) is 3. The zero-order chi connectivity index (χ0) is 40.8. The Labute approximate surface area is 359 Å². The average Bonchev–Trinajstić information content (AvgIpc) is 3.25. The quantitative estimate of drug-likeness (QED) is 0.149. The normalized spacial score (nSPS) is 13.0. The average molecular weight is 889 g/mol. The van der Waals surface area contributed by atoms with Crippen LogP contribution in [0.2, 0.25) is 0 Å². The van der Waals surface area contributed by atoms with Gasteiger partial charge in [0, 0.05) is 0 Å². The van der Waals surface area contributed by atoms with E-state index in [1.807, 2.05) is 0 Å². The first-order valence-electron chi connectivity index (χ1n) is 20.6. The molecule has 0 aliphatic carbocycles. The fraction of sp³-hybridized carbons (Fsp3) is 0.111. The number of ether oxygens (including phenoxy) is 2. The van der Waals surface area contributed by atoms with Crippen LogP contribution >= 0.6 is 0 Å². The van der Waals surface area contributed by atoms with Crippen LogP contribution in [0.5, 0.6) is 23.0 Å². The van der Waals surface area contributed by atoms with Crippen LogP contribution < -0.4 is 34.7 Å². The van der Waals surface area contributed by atoms with E-state index in [4.69, 9.17) is 9.47 Å². The Hall–Kier alpha value is -6.42. The first-order valence-corrected chi connectivity index (χ1v) is 24.4. The maximum absolute atomic E-state index is 7.36. The zero-order valence-corrected chi connectivity index (χ0v) is 37.2. The molecule has 0 spiro atoms. The predicted octanol–water partition coefficient (Wildman–Crippen LogP) is 13.0. The molecule has 0 atom stereocenters. The molecule has 3 aliphatic heterocycles. The number of anilines is 9. The standard InChI is InChI=1S/C54H44N3O2.Sb/c1-36-7-17-42(18-8-36)55-47-27-29-51(56(43-19-9-37(2)10-20-43)44-21-11-38(3)12-22-44)53(33-47)58-49-31-41(6)32-50(35-49)59-54-34-48(55)28-30-52(54)57(45-23-13-39(4)14-24-45)46-25-15-40(5)16-26-46;/h7-32H,1-6H3;. The zero-order valence-electron chi connectivity index (χ0n) is 34.6. The Balaban J connectivity index is 1.22. The second-order valence-corrected chi connectivity index (χ2v) is 22.1. The Bertz CT molecular complexity index is 2710. The van der Waals surface area contributed by atoms with E-state index < -0.39 is 20.2 Å². The topological polar surface area (TPSA) is 28.2 Å². The Kier molecular flexibility index (Phi) is 8.61. The molecule has 0 radical (unpaired) electrons. The van der Waals surface area contributed by atoms with Crippen LogP contribution in [0.15, 0.2) is 158 Å². The van der Waals surface area contributed by atoms with Crippen LogP contribution in [0, 0.1) is 41.5 Å². The number of rotatable bonds is 7. The maximum atomic E-state index is 7.36. The van der Waals surface area contributed by atoms with Gasteiger partial charge in [-0.15, -0.1) is 0 Å². The van der Waals surface area contributed by atoms with Gasteiger partial charge in [-0.2, -0.15) is 0 Å². The van der Waals surface area contributed by atoms with E-state index in [0.29, 0.717) is 0 Å². The molecule has 3 heterocycles. The van der Waals surface area contributed by atoms with Gasteiger partial charge >= 0.3 is 362 Å². The van der Waals surface area contributed by atoms with Crippen molar-refractivity contribution in [2.45, 2.75) is 41.5 Å². The van der Waals surface area contributed by atoms with Gasteiger partial charge in [0.15, 0.2) is 0 Å². The number of hydrogen-bond donors (Lipinski definition) is 0. The van der Waals surface area contributed by atoms with Gasteiger partial charge in [-0.1, -0.05) is 0 Å². The second kappa shape index (κ2) is 14.1. The molecule has 8 aromatic rings. The molecule has 60 heavy (non-hydrogen) atoms. The third-order valence-corrected chi connectivity index (χ3v) is 19.4. The summed E-state index contributed by atoms with van der Waals surface area (Å²) >= 11 is -2.99. The molecular formula is C54H44N3O2Sb. The van der Waals surface area contributed by atoms with Gasteiger partial charge in [-0.25, -0.2) is 0 Å². The molecule has 0 bridgehead atoms. The summed E-state index contributed by atoms with van der Waals surface area (Å²) < 4.78 is 18.6. The van der Waals surface area contributed by atoms with E-state index in [-0.39, 0.29) is 0 Å². The number of aryl methyl sites for hydroxylation is 6. The summed E-state index contributed by atoms with van der Waals surface area (Å²) in [6.45, 7) is 12.9. The molecule has 0 unspecified atom stereocenters. The van der Waals surface area contributed by atoms with Crippen LogP contribution in [0.1, 0.15) is 33.4 Å². The molecule has 0 fully saturated rings. The van der Waals surface area contributed by atoms with Crippen molar-refractivity contribution in [2.24, 2.45) is 0 Å². The van der Waals surface area contributed by atoms with Crippen LogP contribution in [-0.2, 0) is 0 Å². The van der Waals surface area contributed by atoms with E-state index >= 15 is 0 Å². The number of benzene rings is 8. The van der Waals surface area contributed by atoms with Crippen LogP contribution in [0.3, 0.4) is 0 Å². The Morgan fingerprint density at radius 3 is 1.05 bits per heavy atom. The molecule has 0 N–H and O–H groups in total. The third kappa shape index (κ3) is 5.90. The van der Waals surface area contributed by atoms with Gasteiger partial charge in [-0.3, -0.25) is 0 Å². The van der Waals surface area contributed by atoms with Crippen LogP contribution in [-0.4, -0.2) is 20.2 Å². The molecule has 0 saturated carbocycles. The summed E-state index contributed by atoms with van der Waals surface area (Å²) in [4.78, 5) is 7.19. The van der Waals surface area contributed by atoms with E-state index in [1.54, 1.807) is 0 Å². The minimum absolute atomic E-state index is 0.909. The van der Waals surface area contributed by atoms with Crippen molar-refractivity contribution in [1.29, 1.82) is 0 Å². The Morgan fingerprint density at radius 2 is 0.700 bits per heavy atom. The SMILES string of the molecule is Cc1ccc(N(c2ccc(C)cc2)c2ccc3[c]4c2Oc2cc(C)cc5[c]2[Sb]4[c]2c(ccc(N(c4ccc(C)cc4)c4ccc(C)cc4)c2O5)N3c2ccc(C)cc2)cc1. The fourth-order valence-electron chi connectivity index (χ4n) is 8.82. The molecule has 0 saturated heterocycles.